The van der Waals surface area contributed by atoms with Crippen LogP contribution in [0.5, 0.6) is 0 Å². The van der Waals surface area contributed by atoms with Gasteiger partial charge in [0, 0.05) is 20.8 Å². The Morgan fingerprint density at radius 3 is 2.40 bits per heavy atom. The Kier molecular flexibility index (Phi) is 8.27. The van der Waals surface area contributed by atoms with E-state index in [4.69, 9.17) is 14.2 Å². The van der Waals surface area contributed by atoms with E-state index in [0.29, 0.717) is 6.61 Å². The third kappa shape index (κ3) is 6.43. The summed E-state index contributed by atoms with van der Waals surface area (Å²) < 4.78 is 15.1. The van der Waals surface area contributed by atoms with Crippen molar-refractivity contribution in [3.63, 3.8) is 0 Å². The summed E-state index contributed by atoms with van der Waals surface area (Å²) in [4.78, 5) is 11.3. The zero-order chi connectivity index (χ0) is 11.7. The standard InChI is InChI=1S/C10H21NO4/c1-5-6-15-7-9(12)11-8(2)10(13-3)14-4/h8,10H,5-7H2,1-4H3,(H,11,12). The molecule has 0 aromatic carbocycles. The fraction of sp³-hybridized carbons (Fsp3) is 0.900. The number of nitrogens with one attached hydrogen (secondary N) is 1. The van der Waals surface area contributed by atoms with Crippen molar-refractivity contribution in [2.45, 2.75) is 32.6 Å². The average Bonchev–Trinajstić information content (AvgIpc) is 2.20. The molecule has 5 nitrogen and oxygen atoms in total. The van der Waals surface area contributed by atoms with Gasteiger partial charge in [-0.1, -0.05) is 6.92 Å². The highest BCUT2D eigenvalue weighted by molar-refractivity contribution is 5.77. The van der Waals surface area contributed by atoms with Gasteiger partial charge >= 0.3 is 0 Å². The Hall–Kier alpha value is -0.650. The van der Waals surface area contributed by atoms with E-state index in [0.717, 1.165) is 6.42 Å². The van der Waals surface area contributed by atoms with E-state index in [1.807, 2.05) is 13.8 Å². The minimum absolute atomic E-state index is 0.0817. The van der Waals surface area contributed by atoms with Crippen molar-refractivity contribution in [1.82, 2.24) is 5.32 Å². The van der Waals surface area contributed by atoms with Crippen LogP contribution >= 0.6 is 0 Å². The molecule has 0 radical (unpaired) electrons. The van der Waals surface area contributed by atoms with Gasteiger partial charge in [0.25, 0.3) is 0 Å². The van der Waals surface area contributed by atoms with E-state index < -0.39 is 6.29 Å². The fourth-order valence-corrected chi connectivity index (χ4v) is 1.18. The molecule has 5 heteroatoms. The number of carbonyl (C=O) groups excluding carboxylic acids is 1. The Morgan fingerprint density at radius 1 is 1.33 bits per heavy atom. The summed E-state index contributed by atoms with van der Waals surface area (Å²) in [6.07, 6.45) is 0.474. The van der Waals surface area contributed by atoms with Crippen molar-refractivity contribution in [3.8, 4) is 0 Å². The number of hydrogen-bond acceptors (Lipinski definition) is 4. The van der Waals surface area contributed by atoms with Crippen LogP contribution in [0.2, 0.25) is 0 Å². The van der Waals surface area contributed by atoms with E-state index in [2.05, 4.69) is 5.32 Å². The molecular formula is C10H21NO4. The molecule has 0 rings (SSSR count). The number of hydrogen-bond donors (Lipinski definition) is 1. The van der Waals surface area contributed by atoms with E-state index in [9.17, 15) is 4.79 Å². The van der Waals surface area contributed by atoms with E-state index >= 15 is 0 Å². The highest BCUT2D eigenvalue weighted by atomic mass is 16.7. The number of methoxy groups -OCH3 is 2. The lowest BCUT2D eigenvalue weighted by Gasteiger charge is -2.21. The maximum atomic E-state index is 11.3. The summed E-state index contributed by atoms with van der Waals surface area (Å²) in [6.45, 7) is 4.49. The third-order valence-electron chi connectivity index (χ3n) is 1.84. The zero-order valence-corrected chi connectivity index (χ0v) is 9.91. The van der Waals surface area contributed by atoms with Gasteiger partial charge in [-0.2, -0.15) is 0 Å². The largest absolute Gasteiger partial charge is 0.372 e. The first kappa shape index (κ1) is 14.3. The highest BCUT2D eigenvalue weighted by Crippen LogP contribution is 1.98. The van der Waals surface area contributed by atoms with Crippen LogP contribution in [0.3, 0.4) is 0 Å². The average molecular weight is 219 g/mol. The van der Waals surface area contributed by atoms with Crippen LogP contribution in [0, 0.1) is 0 Å². The lowest BCUT2D eigenvalue weighted by Crippen LogP contribution is -2.44. The predicted molar refractivity (Wildman–Crippen MR) is 56.5 cm³/mol. The number of rotatable bonds is 8. The van der Waals surface area contributed by atoms with Crippen LogP contribution < -0.4 is 5.32 Å². The van der Waals surface area contributed by atoms with E-state index in [-0.39, 0.29) is 18.6 Å². The van der Waals surface area contributed by atoms with E-state index in [1.54, 1.807) is 0 Å². The zero-order valence-electron chi connectivity index (χ0n) is 9.91. The van der Waals surface area contributed by atoms with Crippen LogP contribution in [0.1, 0.15) is 20.3 Å². The molecule has 1 atom stereocenters. The molecule has 0 aliphatic rings. The van der Waals surface area contributed by atoms with Crippen molar-refractivity contribution in [1.29, 1.82) is 0 Å². The van der Waals surface area contributed by atoms with Crippen molar-refractivity contribution in [2.75, 3.05) is 27.4 Å². The Balaban J connectivity index is 3.74. The fourth-order valence-electron chi connectivity index (χ4n) is 1.18. The molecule has 0 fully saturated rings. The van der Waals surface area contributed by atoms with Gasteiger partial charge < -0.3 is 19.5 Å². The quantitative estimate of drug-likeness (QED) is 0.478. The topological polar surface area (TPSA) is 56.8 Å². The first-order valence-electron chi connectivity index (χ1n) is 5.08. The molecule has 0 aliphatic carbocycles. The normalized spacial score (nSPS) is 12.9. The van der Waals surface area contributed by atoms with Crippen LogP contribution in [0.4, 0.5) is 0 Å². The highest BCUT2D eigenvalue weighted by Gasteiger charge is 2.17. The Bertz CT molecular complexity index is 171. The van der Waals surface area contributed by atoms with Gasteiger partial charge in [-0.3, -0.25) is 4.79 Å². The first-order chi connectivity index (χ1) is 7.15. The number of amides is 1. The SMILES string of the molecule is CCCOCC(=O)NC(C)C(OC)OC. The van der Waals surface area contributed by atoms with Gasteiger partial charge in [-0.25, -0.2) is 0 Å². The van der Waals surface area contributed by atoms with Crippen LogP contribution in [-0.2, 0) is 19.0 Å². The summed E-state index contributed by atoms with van der Waals surface area (Å²) in [5.74, 6) is -0.157. The predicted octanol–water partition coefficient (Wildman–Crippen LogP) is 0.537. The minimum atomic E-state index is -0.430. The number of ether oxygens (including phenoxy) is 3. The molecule has 0 saturated heterocycles. The van der Waals surface area contributed by atoms with E-state index in [1.165, 1.54) is 14.2 Å². The summed E-state index contributed by atoms with van der Waals surface area (Å²) in [6, 6.07) is -0.197. The summed E-state index contributed by atoms with van der Waals surface area (Å²) >= 11 is 0. The molecule has 0 aliphatic heterocycles. The molecule has 1 unspecified atom stereocenters. The molecule has 0 spiro atoms. The summed E-state index contributed by atoms with van der Waals surface area (Å²) in [5.41, 5.74) is 0. The summed E-state index contributed by atoms with van der Waals surface area (Å²) in [7, 11) is 3.06. The van der Waals surface area contributed by atoms with Crippen molar-refractivity contribution >= 4 is 5.91 Å². The Labute approximate surface area is 91.1 Å². The van der Waals surface area contributed by atoms with Gasteiger partial charge in [0.15, 0.2) is 6.29 Å². The monoisotopic (exact) mass is 219 g/mol. The molecular weight excluding hydrogens is 198 g/mol. The van der Waals surface area contributed by atoms with Crippen LogP contribution in [0.25, 0.3) is 0 Å². The maximum Gasteiger partial charge on any atom is 0.246 e. The van der Waals surface area contributed by atoms with Crippen molar-refractivity contribution in [2.24, 2.45) is 0 Å². The minimum Gasteiger partial charge on any atom is -0.372 e. The second-order valence-electron chi connectivity index (χ2n) is 3.25. The maximum absolute atomic E-state index is 11.3. The molecule has 0 bridgehead atoms. The molecule has 0 saturated carbocycles. The van der Waals surface area contributed by atoms with Crippen LogP contribution in [-0.4, -0.2) is 45.7 Å². The second kappa shape index (κ2) is 8.64. The van der Waals surface area contributed by atoms with Crippen molar-refractivity contribution < 1.29 is 19.0 Å². The smallest absolute Gasteiger partial charge is 0.246 e. The molecule has 1 amide bonds. The van der Waals surface area contributed by atoms with Crippen molar-refractivity contribution in [3.05, 3.63) is 0 Å². The van der Waals surface area contributed by atoms with Crippen LogP contribution in [0.15, 0.2) is 0 Å². The lowest BCUT2D eigenvalue weighted by molar-refractivity contribution is -0.138. The van der Waals surface area contributed by atoms with Gasteiger partial charge in [-0.15, -0.1) is 0 Å². The molecule has 0 aromatic rings. The summed E-state index contributed by atoms with van der Waals surface area (Å²) in [5, 5.41) is 2.73. The van der Waals surface area contributed by atoms with Gasteiger partial charge in [0.05, 0.1) is 6.04 Å². The van der Waals surface area contributed by atoms with Gasteiger partial charge in [0.1, 0.15) is 6.61 Å². The molecule has 0 heterocycles. The molecule has 0 aromatic heterocycles. The Morgan fingerprint density at radius 2 is 1.93 bits per heavy atom. The molecule has 15 heavy (non-hydrogen) atoms. The van der Waals surface area contributed by atoms with Gasteiger partial charge in [-0.05, 0) is 13.3 Å². The third-order valence-corrected chi connectivity index (χ3v) is 1.84. The lowest BCUT2D eigenvalue weighted by atomic mass is 10.3. The first-order valence-corrected chi connectivity index (χ1v) is 5.08. The number of carbonyl (C=O) groups is 1. The second-order valence-corrected chi connectivity index (χ2v) is 3.25. The van der Waals surface area contributed by atoms with Gasteiger partial charge in [0.2, 0.25) is 5.91 Å². The molecule has 90 valence electrons. The molecule has 1 N–H and O–H groups in total.